The fourth-order valence-electron chi connectivity index (χ4n) is 5.02. The molecule has 182 valence electrons. The predicted octanol–water partition coefficient (Wildman–Crippen LogP) is 3.98. The highest BCUT2D eigenvalue weighted by molar-refractivity contribution is 6.04. The molecule has 1 fully saturated rings. The van der Waals surface area contributed by atoms with Crippen LogP contribution in [0.5, 0.6) is 5.75 Å². The summed E-state index contributed by atoms with van der Waals surface area (Å²) in [6, 6.07) is 5.67. The Balaban J connectivity index is 1.56. The minimum Gasteiger partial charge on any atom is -0.507 e. The van der Waals surface area contributed by atoms with Crippen LogP contribution in [-0.4, -0.2) is 59.4 Å². The van der Waals surface area contributed by atoms with E-state index in [4.69, 9.17) is 4.98 Å². The number of carbonyl (C=O) groups excluding carboxylic acids is 1. The van der Waals surface area contributed by atoms with Crippen LogP contribution in [0.4, 0.5) is 23.1 Å². The second kappa shape index (κ2) is 10.3. The van der Waals surface area contributed by atoms with Crippen molar-refractivity contribution in [2.45, 2.75) is 65.0 Å². The number of hydrogen-bond donors (Lipinski definition) is 2. The van der Waals surface area contributed by atoms with Gasteiger partial charge < -0.3 is 19.8 Å². The number of carbonyl (C=O) groups is 1. The van der Waals surface area contributed by atoms with Crippen LogP contribution >= 0.6 is 0 Å². The largest absolute Gasteiger partial charge is 0.507 e. The van der Waals surface area contributed by atoms with Gasteiger partial charge in [-0.2, -0.15) is 10.1 Å². The summed E-state index contributed by atoms with van der Waals surface area (Å²) in [6.45, 7) is 7.97. The molecule has 2 aliphatic rings. The number of aromatic hydroxyl groups is 1. The van der Waals surface area contributed by atoms with E-state index < -0.39 is 0 Å². The van der Waals surface area contributed by atoms with Crippen molar-refractivity contribution in [1.29, 1.82) is 0 Å². The second-order valence-corrected chi connectivity index (χ2v) is 8.85. The highest BCUT2D eigenvalue weighted by atomic mass is 16.3. The monoisotopic (exact) mass is 465 g/mol. The fraction of sp³-hybridized carbons (Fsp3) is 0.520. The molecule has 0 radical (unpaired) electrons. The summed E-state index contributed by atoms with van der Waals surface area (Å²) >= 11 is 0. The van der Waals surface area contributed by atoms with Crippen LogP contribution < -0.4 is 20.1 Å². The fourth-order valence-corrected chi connectivity index (χ4v) is 5.02. The van der Waals surface area contributed by atoms with Gasteiger partial charge in [-0.15, -0.1) is 0 Å². The van der Waals surface area contributed by atoms with Gasteiger partial charge in [-0.1, -0.05) is 19.8 Å². The van der Waals surface area contributed by atoms with Gasteiger partial charge >= 0.3 is 0 Å². The van der Waals surface area contributed by atoms with Gasteiger partial charge in [0.1, 0.15) is 17.5 Å². The molecule has 1 aromatic heterocycles. The Morgan fingerprint density at radius 3 is 2.62 bits per heavy atom. The molecule has 0 saturated heterocycles. The summed E-state index contributed by atoms with van der Waals surface area (Å²) in [5, 5.41) is 14.7. The SMILES string of the molecule is CCC1C(=O)N(C)c2cnc(NN=Cc3ccc(N(CC)CC)cc3O)nc2N1C1CCCC1. The molecule has 1 amide bonds. The number of aromatic nitrogens is 2. The Morgan fingerprint density at radius 1 is 1.24 bits per heavy atom. The zero-order chi connectivity index (χ0) is 24.2. The van der Waals surface area contributed by atoms with Crippen LogP contribution in [0, 0.1) is 0 Å². The van der Waals surface area contributed by atoms with Crippen molar-refractivity contribution < 1.29 is 9.90 Å². The Bertz CT molecular complexity index is 1050. The van der Waals surface area contributed by atoms with E-state index >= 15 is 0 Å². The van der Waals surface area contributed by atoms with Gasteiger partial charge in [0.2, 0.25) is 11.9 Å². The number of anilines is 4. The molecule has 34 heavy (non-hydrogen) atoms. The minimum absolute atomic E-state index is 0.0906. The number of rotatable bonds is 8. The molecule has 1 unspecified atom stereocenters. The molecular weight excluding hydrogens is 430 g/mol. The van der Waals surface area contributed by atoms with E-state index in [1.54, 1.807) is 30.4 Å². The Labute approximate surface area is 201 Å². The van der Waals surface area contributed by atoms with Crippen molar-refractivity contribution in [2.75, 3.05) is 40.3 Å². The van der Waals surface area contributed by atoms with Crippen molar-refractivity contribution in [3.8, 4) is 5.75 Å². The highest BCUT2D eigenvalue weighted by Crippen LogP contribution is 2.39. The van der Waals surface area contributed by atoms with Gasteiger partial charge in [-0.25, -0.2) is 10.4 Å². The van der Waals surface area contributed by atoms with E-state index in [9.17, 15) is 9.90 Å². The Kier molecular flexibility index (Phi) is 7.19. The number of amides is 1. The van der Waals surface area contributed by atoms with Gasteiger partial charge in [0.05, 0.1) is 12.4 Å². The number of hydrazone groups is 1. The molecule has 4 rings (SSSR count). The number of phenols is 1. The molecule has 1 atom stereocenters. The maximum Gasteiger partial charge on any atom is 0.249 e. The van der Waals surface area contributed by atoms with Gasteiger partial charge in [0, 0.05) is 43.5 Å². The summed E-state index contributed by atoms with van der Waals surface area (Å²) in [6.07, 6.45) is 8.46. The van der Waals surface area contributed by atoms with Crippen molar-refractivity contribution in [1.82, 2.24) is 9.97 Å². The average Bonchev–Trinajstić information content (AvgIpc) is 3.37. The number of fused-ring (bicyclic) bond motifs is 1. The van der Waals surface area contributed by atoms with Crippen LogP contribution in [0.15, 0.2) is 29.5 Å². The standard InChI is InChI=1S/C25H35N7O2/c1-5-20-24(34)30(4)21-16-26-25(28-23(21)32(20)18-10-8-9-11-18)29-27-15-17-12-13-19(14-22(17)33)31(6-2)7-3/h12-16,18,20,33H,5-11H2,1-4H3,(H,26,28,29). The molecular formula is C25H35N7O2. The molecule has 2 N–H and O–H groups in total. The normalized spacial score (nSPS) is 18.6. The third kappa shape index (κ3) is 4.51. The van der Waals surface area contributed by atoms with Gasteiger partial charge in [-0.3, -0.25) is 4.79 Å². The smallest absolute Gasteiger partial charge is 0.249 e. The molecule has 9 nitrogen and oxygen atoms in total. The third-order valence-corrected chi connectivity index (χ3v) is 6.92. The lowest BCUT2D eigenvalue weighted by molar-refractivity contribution is -0.120. The number of likely N-dealkylation sites (N-methyl/N-ethyl adjacent to an activating group) is 1. The summed E-state index contributed by atoms with van der Waals surface area (Å²) in [5.74, 6) is 1.39. The Hall–Kier alpha value is -3.36. The summed E-state index contributed by atoms with van der Waals surface area (Å²) in [7, 11) is 1.79. The molecule has 0 spiro atoms. The minimum atomic E-state index is -0.215. The number of nitrogens with zero attached hydrogens (tertiary/aromatic N) is 6. The van der Waals surface area contributed by atoms with E-state index in [0.717, 1.165) is 49.5 Å². The molecule has 1 aromatic carbocycles. The van der Waals surface area contributed by atoms with E-state index in [1.165, 1.54) is 12.8 Å². The predicted molar refractivity (Wildman–Crippen MR) is 137 cm³/mol. The lowest BCUT2D eigenvalue weighted by Gasteiger charge is -2.43. The lowest BCUT2D eigenvalue weighted by atomic mass is 10.0. The first-order valence-corrected chi connectivity index (χ1v) is 12.3. The summed E-state index contributed by atoms with van der Waals surface area (Å²) in [5.41, 5.74) is 5.19. The lowest BCUT2D eigenvalue weighted by Crippen LogP contribution is -2.55. The molecule has 2 heterocycles. The third-order valence-electron chi connectivity index (χ3n) is 6.92. The van der Waals surface area contributed by atoms with Crippen LogP contribution in [0.1, 0.15) is 58.4 Å². The maximum atomic E-state index is 13.0. The van der Waals surface area contributed by atoms with E-state index in [-0.39, 0.29) is 17.7 Å². The van der Waals surface area contributed by atoms with E-state index in [1.807, 2.05) is 19.1 Å². The zero-order valence-corrected chi connectivity index (χ0v) is 20.5. The van der Waals surface area contributed by atoms with Crippen LogP contribution in [0.3, 0.4) is 0 Å². The maximum absolute atomic E-state index is 13.0. The van der Waals surface area contributed by atoms with E-state index in [0.29, 0.717) is 17.6 Å². The number of nitrogens with one attached hydrogen (secondary N) is 1. The number of phenolic OH excluding ortho intramolecular Hbond substituents is 1. The van der Waals surface area contributed by atoms with Crippen LogP contribution in [-0.2, 0) is 4.79 Å². The average molecular weight is 466 g/mol. The van der Waals surface area contributed by atoms with Crippen molar-refractivity contribution >= 4 is 35.3 Å². The quantitative estimate of drug-likeness (QED) is 0.450. The molecule has 0 bridgehead atoms. The first-order chi connectivity index (χ1) is 16.5. The number of hydrogen-bond acceptors (Lipinski definition) is 8. The summed E-state index contributed by atoms with van der Waals surface area (Å²) in [4.78, 5) is 28.2. The molecule has 1 saturated carbocycles. The van der Waals surface area contributed by atoms with Gasteiger partial charge in [0.25, 0.3) is 0 Å². The van der Waals surface area contributed by atoms with Gasteiger partial charge in [-0.05, 0) is 45.2 Å². The topological polar surface area (TPSA) is 97.2 Å². The number of benzene rings is 1. The van der Waals surface area contributed by atoms with Crippen LogP contribution in [0.2, 0.25) is 0 Å². The van der Waals surface area contributed by atoms with Crippen molar-refractivity contribution in [3.63, 3.8) is 0 Å². The Morgan fingerprint density at radius 2 is 1.97 bits per heavy atom. The molecule has 1 aliphatic heterocycles. The van der Waals surface area contributed by atoms with Crippen LogP contribution in [0.25, 0.3) is 0 Å². The molecule has 9 heteroatoms. The first-order valence-electron chi connectivity index (χ1n) is 12.3. The van der Waals surface area contributed by atoms with Crippen molar-refractivity contribution in [3.05, 3.63) is 30.0 Å². The second-order valence-electron chi connectivity index (χ2n) is 8.85. The van der Waals surface area contributed by atoms with E-state index in [2.05, 4.69) is 39.2 Å². The molecule has 2 aromatic rings. The van der Waals surface area contributed by atoms with Gasteiger partial charge in [0.15, 0.2) is 5.82 Å². The highest BCUT2D eigenvalue weighted by Gasteiger charge is 2.41. The molecule has 1 aliphatic carbocycles. The zero-order valence-electron chi connectivity index (χ0n) is 20.5. The van der Waals surface area contributed by atoms with Crippen molar-refractivity contribution in [2.24, 2.45) is 5.10 Å². The summed E-state index contributed by atoms with van der Waals surface area (Å²) < 4.78 is 0. The first kappa shape index (κ1) is 23.8.